The van der Waals surface area contributed by atoms with Gasteiger partial charge >= 0.3 is 13.6 Å². The molecule has 5 nitrogen and oxygen atoms in total. The number of carbonyl (C=O) groups excluding carboxylic acids is 1. The van der Waals surface area contributed by atoms with Gasteiger partial charge in [-0.25, -0.2) is 4.79 Å². The van der Waals surface area contributed by atoms with Crippen LogP contribution in [-0.2, 0) is 23.1 Å². The van der Waals surface area contributed by atoms with E-state index in [1.807, 2.05) is 13.8 Å². The lowest BCUT2D eigenvalue weighted by Crippen LogP contribution is -2.10. The molecule has 0 saturated heterocycles. The molecule has 0 aliphatic heterocycles. The maximum Gasteiger partial charge on any atom is 0.334 e. The van der Waals surface area contributed by atoms with Crippen LogP contribution in [0.5, 0.6) is 0 Å². The van der Waals surface area contributed by atoms with Gasteiger partial charge in [0, 0.05) is 6.08 Å². The van der Waals surface area contributed by atoms with E-state index in [1.54, 1.807) is 0 Å². The summed E-state index contributed by atoms with van der Waals surface area (Å²) < 4.78 is 27.9. The van der Waals surface area contributed by atoms with Crippen LogP contribution in [0.4, 0.5) is 0 Å². The summed E-state index contributed by atoms with van der Waals surface area (Å²) in [6.45, 7) is 8.15. The SMILES string of the molecule is C=CC(=O)OCCP(=O)(OCCCC)OCCCC. The second kappa shape index (κ2) is 11.2. The average Bonchev–Trinajstić information content (AvgIpc) is 2.39. The molecule has 0 aromatic rings. The third-order valence-corrected chi connectivity index (χ3v) is 4.23. The number of ether oxygens (including phenoxy) is 1. The van der Waals surface area contributed by atoms with Gasteiger partial charge in [0.1, 0.15) is 6.61 Å². The summed E-state index contributed by atoms with van der Waals surface area (Å²) in [5.41, 5.74) is 0. The number of unbranched alkanes of at least 4 members (excludes halogenated alkanes) is 2. The maximum atomic E-state index is 12.4. The summed E-state index contributed by atoms with van der Waals surface area (Å²) in [4.78, 5) is 10.9. The molecule has 0 atom stereocenters. The van der Waals surface area contributed by atoms with E-state index in [0.29, 0.717) is 13.2 Å². The Hall–Kier alpha value is -0.640. The van der Waals surface area contributed by atoms with Gasteiger partial charge in [-0.1, -0.05) is 33.3 Å². The summed E-state index contributed by atoms with van der Waals surface area (Å²) in [5.74, 6) is -0.534. The van der Waals surface area contributed by atoms with Crippen LogP contribution in [0.15, 0.2) is 12.7 Å². The molecular formula is C13H25O5P. The van der Waals surface area contributed by atoms with Crippen molar-refractivity contribution in [2.45, 2.75) is 39.5 Å². The van der Waals surface area contributed by atoms with E-state index < -0.39 is 13.6 Å². The van der Waals surface area contributed by atoms with Crippen LogP contribution < -0.4 is 0 Å². The molecule has 0 saturated carbocycles. The molecule has 0 rings (SSSR count). The molecule has 0 unspecified atom stereocenters. The van der Waals surface area contributed by atoms with Crippen molar-refractivity contribution in [1.29, 1.82) is 0 Å². The lowest BCUT2D eigenvalue weighted by Gasteiger charge is -2.18. The summed E-state index contributed by atoms with van der Waals surface area (Å²) in [7, 11) is -3.16. The summed E-state index contributed by atoms with van der Waals surface area (Å²) in [5, 5.41) is 0. The van der Waals surface area contributed by atoms with Crippen LogP contribution >= 0.6 is 7.60 Å². The van der Waals surface area contributed by atoms with Crippen LogP contribution in [-0.4, -0.2) is 32.0 Å². The summed E-state index contributed by atoms with van der Waals surface area (Å²) in [6, 6.07) is 0. The quantitative estimate of drug-likeness (QED) is 0.238. The molecule has 0 aromatic heterocycles. The van der Waals surface area contributed by atoms with Crippen LogP contribution in [0, 0.1) is 0 Å². The number of esters is 1. The van der Waals surface area contributed by atoms with Crippen molar-refractivity contribution in [2.75, 3.05) is 26.0 Å². The van der Waals surface area contributed by atoms with E-state index in [4.69, 9.17) is 13.8 Å². The van der Waals surface area contributed by atoms with Crippen molar-refractivity contribution in [3.8, 4) is 0 Å². The van der Waals surface area contributed by atoms with Gasteiger partial charge in [0.15, 0.2) is 0 Å². The van der Waals surface area contributed by atoms with Gasteiger partial charge < -0.3 is 13.8 Å². The molecule has 19 heavy (non-hydrogen) atoms. The van der Waals surface area contributed by atoms with Crippen LogP contribution in [0.2, 0.25) is 0 Å². The molecule has 0 aliphatic rings. The Morgan fingerprint density at radius 2 is 1.63 bits per heavy atom. The Morgan fingerprint density at radius 3 is 2.05 bits per heavy atom. The fourth-order valence-electron chi connectivity index (χ4n) is 1.18. The second-order valence-electron chi connectivity index (χ2n) is 4.08. The Balaban J connectivity index is 4.18. The molecule has 6 heteroatoms. The third-order valence-electron chi connectivity index (χ3n) is 2.35. The molecule has 0 N–H and O–H groups in total. The minimum Gasteiger partial charge on any atom is -0.462 e. The molecule has 0 radical (unpaired) electrons. The first-order valence-electron chi connectivity index (χ1n) is 6.75. The Kier molecular flexibility index (Phi) is 10.8. The fraction of sp³-hybridized carbons (Fsp3) is 0.769. The zero-order valence-electron chi connectivity index (χ0n) is 11.9. The molecular weight excluding hydrogens is 267 g/mol. The van der Waals surface area contributed by atoms with Crippen LogP contribution in [0.25, 0.3) is 0 Å². The highest BCUT2D eigenvalue weighted by atomic mass is 31.2. The monoisotopic (exact) mass is 292 g/mol. The predicted molar refractivity (Wildman–Crippen MR) is 75.3 cm³/mol. The number of carbonyl (C=O) groups is 1. The van der Waals surface area contributed by atoms with Crippen molar-refractivity contribution < 1.29 is 23.1 Å². The highest BCUT2D eigenvalue weighted by Gasteiger charge is 2.24. The normalized spacial score (nSPS) is 11.3. The zero-order chi connectivity index (χ0) is 14.6. The maximum absolute atomic E-state index is 12.4. The molecule has 0 heterocycles. The first kappa shape index (κ1) is 18.4. The molecule has 0 aliphatic carbocycles. The predicted octanol–water partition coefficient (Wildman–Crippen LogP) is 3.54. The summed E-state index contributed by atoms with van der Waals surface area (Å²) in [6.07, 6.45) is 4.72. The Bertz CT molecular complexity index is 289. The third kappa shape index (κ3) is 9.88. The van der Waals surface area contributed by atoms with Crippen molar-refractivity contribution in [3.63, 3.8) is 0 Å². The van der Waals surface area contributed by atoms with Gasteiger partial charge in [-0.05, 0) is 12.8 Å². The molecule has 0 bridgehead atoms. The topological polar surface area (TPSA) is 61.8 Å². The minimum absolute atomic E-state index is 0.0143. The van der Waals surface area contributed by atoms with Gasteiger partial charge in [0.05, 0.1) is 19.4 Å². The number of hydrogen-bond donors (Lipinski definition) is 0. The zero-order valence-corrected chi connectivity index (χ0v) is 12.8. The average molecular weight is 292 g/mol. The van der Waals surface area contributed by atoms with Gasteiger partial charge in [0.2, 0.25) is 0 Å². The Labute approximate surface area is 115 Å². The fourth-order valence-corrected chi connectivity index (χ4v) is 2.64. The lowest BCUT2D eigenvalue weighted by molar-refractivity contribution is -0.137. The number of hydrogen-bond acceptors (Lipinski definition) is 5. The molecule has 0 spiro atoms. The highest BCUT2D eigenvalue weighted by Crippen LogP contribution is 2.48. The van der Waals surface area contributed by atoms with Gasteiger partial charge in [-0.2, -0.15) is 0 Å². The van der Waals surface area contributed by atoms with E-state index in [2.05, 4.69) is 6.58 Å². The largest absolute Gasteiger partial charge is 0.462 e. The lowest BCUT2D eigenvalue weighted by atomic mass is 10.4. The minimum atomic E-state index is -3.16. The van der Waals surface area contributed by atoms with Gasteiger partial charge in [-0.3, -0.25) is 4.57 Å². The smallest absolute Gasteiger partial charge is 0.334 e. The standard InChI is InChI=1S/C13H25O5P/c1-4-7-9-17-19(15,18-10-8-5-2)12-11-16-13(14)6-3/h6H,3-5,7-12H2,1-2H3. The van der Waals surface area contributed by atoms with Crippen molar-refractivity contribution >= 4 is 13.6 Å². The van der Waals surface area contributed by atoms with E-state index >= 15 is 0 Å². The van der Waals surface area contributed by atoms with Crippen molar-refractivity contribution in [3.05, 3.63) is 12.7 Å². The Morgan fingerprint density at radius 1 is 1.11 bits per heavy atom. The van der Waals surface area contributed by atoms with E-state index in [0.717, 1.165) is 31.8 Å². The van der Waals surface area contributed by atoms with E-state index in [-0.39, 0.29) is 12.8 Å². The summed E-state index contributed by atoms with van der Waals surface area (Å²) >= 11 is 0. The molecule has 112 valence electrons. The highest BCUT2D eigenvalue weighted by molar-refractivity contribution is 7.53. The molecule has 0 fully saturated rings. The molecule has 0 aromatic carbocycles. The van der Waals surface area contributed by atoms with Crippen molar-refractivity contribution in [2.24, 2.45) is 0 Å². The van der Waals surface area contributed by atoms with Crippen LogP contribution in [0.1, 0.15) is 39.5 Å². The van der Waals surface area contributed by atoms with E-state index in [9.17, 15) is 9.36 Å². The van der Waals surface area contributed by atoms with Crippen LogP contribution in [0.3, 0.4) is 0 Å². The van der Waals surface area contributed by atoms with Gasteiger partial charge in [0.25, 0.3) is 0 Å². The van der Waals surface area contributed by atoms with Crippen molar-refractivity contribution in [1.82, 2.24) is 0 Å². The first-order valence-corrected chi connectivity index (χ1v) is 8.48. The van der Waals surface area contributed by atoms with E-state index in [1.165, 1.54) is 0 Å². The molecule has 0 amide bonds. The second-order valence-corrected chi connectivity index (χ2v) is 6.27. The first-order chi connectivity index (χ1) is 9.08. The van der Waals surface area contributed by atoms with Gasteiger partial charge in [-0.15, -0.1) is 0 Å². The number of rotatable bonds is 12.